The molecule has 0 fully saturated rings. The zero-order valence-electron chi connectivity index (χ0n) is 10.8. The number of nitrogens with one attached hydrogen (secondary N) is 1. The summed E-state index contributed by atoms with van der Waals surface area (Å²) in [5, 5.41) is 11.8. The van der Waals surface area contributed by atoms with Crippen LogP contribution in [0.2, 0.25) is 5.02 Å². The monoisotopic (exact) mass is 284 g/mol. The number of carbonyl (C=O) groups is 2. The molecule has 0 aromatic heterocycles. The van der Waals surface area contributed by atoms with Crippen molar-refractivity contribution in [2.45, 2.75) is 26.3 Å². The van der Waals surface area contributed by atoms with Gasteiger partial charge >= 0.3 is 5.97 Å². The topological polar surface area (TPSA) is 92.4 Å². The van der Waals surface area contributed by atoms with Gasteiger partial charge in [0, 0.05) is 5.56 Å². The number of nitrogen functional groups attached to an aromatic ring is 1. The Hall–Kier alpha value is -1.75. The van der Waals surface area contributed by atoms with Crippen molar-refractivity contribution in [2.24, 2.45) is 5.92 Å². The molecule has 0 aliphatic carbocycles. The summed E-state index contributed by atoms with van der Waals surface area (Å²) in [5.74, 6) is -1.37. The molecule has 5 nitrogen and oxygen atoms in total. The number of rotatable bonds is 5. The largest absolute Gasteiger partial charge is 0.480 e. The predicted molar refractivity (Wildman–Crippen MR) is 74.2 cm³/mol. The van der Waals surface area contributed by atoms with Crippen molar-refractivity contribution in [1.29, 1.82) is 0 Å². The lowest BCUT2D eigenvalue weighted by molar-refractivity contribution is -0.139. The van der Waals surface area contributed by atoms with Crippen molar-refractivity contribution in [3.8, 4) is 0 Å². The number of benzene rings is 1. The van der Waals surface area contributed by atoms with Crippen LogP contribution in [-0.4, -0.2) is 23.0 Å². The highest BCUT2D eigenvalue weighted by atomic mass is 35.5. The van der Waals surface area contributed by atoms with Crippen LogP contribution in [0, 0.1) is 5.92 Å². The first-order valence-corrected chi connectivity index (χ1v) is 6.27. The average Bonchev–Trinajstić information content (AvgIpc) is 2.31. The Morgan fingerprint density at radius 1 is 1.42 bits per heavy atom. The average molecular weight is 285 g/mol. The van der Waals surface area contributed by atoms with Crippen molar-refractivity contribution in [2.75, 3.05) is 5.73 Å². The molecule has 0 unspecified atom stereocenters. The van der Waals surface area contributed by atoms with E-state index in [1.807, 2.05) is 13.8 Å². The Morgan fingerprint density at radius 2 is 2.05 bits per heavy atom. The summed E-state index contributed by atoms with van der Waals surface area (Å²) >= 11 is 5.82. The van der Waals surface area contributed by atoms with Gasteiger partial charge in [-0.05, 0) is 30.5 Å². The summed E-state index contributed by atoms with van der Waals surface area (Å²) in [6, 6.07) is 3.52. The molecule has 6 heteroatoms. The Balaban J connectivity index is 2.81. The van der Waals surface area contributed by atoms with Crippen molar-refractivity contribution >= 4 is 29.2 Å². The molecule has 4 N–H and O–H groups in total. The summed E-state index contributed by atoms with van der Waals surface area (Å²) < 4.78 is 0. The zero-order valence-corrected chi connectivity index (χ0v) is 11.6. The molecule has 1 amide bonds. The fourth-order valence-electron chi connectivity index (χ4n) is 1.60. The lowest BCUT2D eigenvalue weighted by Gasteiger charge is -2.16. The number of hydrogen-bond acceptors (Lipinski definition) is 3. The molecule has 0 aliphatic heterocycles. The van der Waals surface area contributed by atoms with Gasteiger partial charge in [-0.3, -0.25) is 4.79 Å². The second kappa shape index (κ2) is 6.43. The Kier molecular flexibility index (Phi) is 5.18. The van der Waals surface area contributed by atoms with Gasteiger partial charge in [0.1, 0.15) is 6.04 Å². The van der Waals surface area contributed by atoms with Gasteiger partial charge in [0.25, 0.3) is 5.91 Å². The van der Waals surface area contributed by atoms with Crippen LogP contribution < -0.4 is 11.1 Å². The summed E-state index contributed by atoms with van der Waals surface area (Å²) in [5.41, 5.74) is 6.20. The van der Waals surface area contributed by atoms with E-state index in [-0.39, 0.29) is 16.5 Å². The Labute approximate surface area is 116 Å². The van der Waals surface area contributed by atoms with Gasteiger partial charge in [0.15, 0.2) is 0 Å². The third-order valence-corrected chi connectivity index (χ3v) is 2.90. The van der Waals surface area contributed by atoms with Crippen molar-refractivity contribution in [1.82, 2.24) is 5.32 Å². The molecular weight excluding hydrogens is 268 g/mol. The Morgan fingerprint density at radius 3 is 2.53 bits per heavy atom. The fraction of sp³-hybridized carbons (Fsp3) is 0.385. The van der Waals surface area contributed by atoms with Crippen molar-refractivity contribution < 1.29 is 14.7 Å². The number of hydrogen-bond donors (Lipinski definition) is 3. The first-order chi connectivity index (χ1) is 8.81. The van der Waals surface area contributed by atoms with Gasteiger partial charge in [0.05, 0.1) is 10.7 Å². The van der Waals surface area contributed by atoms with Crippen LogP contribution in [0.5, 0.6) is 0 Å². The van der Waals surface area contributed by atoms with E-state index < -0.39 is 17.9 Å². The smallest absolute Gasteiger partial charge is 0.326 e. The van der Waals surface area contributed by atoms with Gasteiger partial charge in [-0.2, -0.15) is 0 Å². The van der Waals surface area contributed by atoms with E-state index >= 15 is 0 Å². The first-order valence-electron chi connectivity index (χ1n) is 5.90. The summed E-state index contributed by atoms with van der Waals surface area (Å²) in [6.45, 7) is 3.78. The molecular formula is C13H17ClN2O3. The second-order valence-electron chi connectivity index (χ2n) is 4.73. The molecule has 104 valence electrons. The van der Waals surface area contributed by atoms with Crippen LogP contribution in [0.1, 0.15) is 30.6 Å². The summed E-state index contributed by atoms with van der Waals surface area (Å²) in [4.78, 5) is 23.0. The maximum atomic E-state index is 11.9. The lowest BCUT2D eigenvalue weighted by atomic mass is 10.0. The molecule has 0 saturated heterocycles. The van der Waals surface area contributed by atoms with E-state index in [0.717, 1.165) is 0 Å². The van der Waals surface area contributed by atoms with E-state index in [1.54, 1.807) is 0 Å². The molecule has 0 radical (unpaired) electrons. The van der Waals surface area contributed by atoms with Crippen LogP contribution in [0.25, 0.3) is 0 Å². The van der Waals surface area contributed by atoms with E-state index in [1.165, 1.54) is 18.2 Å². The maximum absolute atomic E-state index is 11.9. The molecule has 0 saturated carbocycles. The van der Waals surface area contributed by atoms with Crippen molar-refractivity contribution in [3.05, 3.63) is 28.8 Å². The number of nitrogens with two attached hydrogens (primary N) is 1. The highest BCUT2D eigenvalue weighted by Gasteiger charge is 2.21. The molecule has 0 heterocycles. The molecule has 0 aliphatic rings. The fourth-order valence-corrected chi connectivity index (χ4v) is 1.78. The van der Waals surface area contributed by atoms with E-state index in [9.17, 15) is 9.59 Å². The van der Waals surface area contributed by atoms with Crippen molar-refractivity contribution in [3.63, 3.8) is 0 Å². The minimum atomic E-state index is -1.05. The van der Waals surface area contributed by atoms with E-state index in [2.05, 4.69) is 5.32 Å². The number of aliphatic carboxylic acids is 1. The minimum Gasteiger partial charge on any atom is -0.480 e. The quantitative estimate of drug-likeness (QED) is 0.722. The molecule has 1 aromatic rings. The summed E-state index contributed by atoms with van der Waals surface area (Å²) in [7, 11) is 0. The third-order valence-electron chi connectivity index (χ3n) is 2.57. The van der Waals surface area contributed by atoms with Gasteiger partial charge in [-0.15, -0.1) is 0 Å². The number of anilines is 1. The van der Waals surface area contributed by atoms with Gasteiger partial charge in [0.2, 0.25) is 0 Å². The Bertz CT molecular complexity index is 489. The van der Waals surface area contributed by atoms with Crippen LogP contribution in [0.3, 0.4) is 0 Å². The number of carbonyl (C=O) groups excluding carboxylic acids is 1. The van der Waals surface area contributed by atoms with Crippen LogP contribution >= 0.6 is 11.6 Å². The van der Waals surface area contributed by atoms with Gasteiger partial charge in [-0.25, -0.2) is 4.79 Å². The second-order valence-corrected chi connectivity index (χ2v) is 5.14. The lowest BCUT2D eigenvalue weighted by Crippen LogP contribution is -2.41. The minimum absolute atomic E-state index is 0.163. The highest BCUT2D eigenvalue weighted by Crippen LogP contribution is 2.19. The van der Waals surface area contributed by atoms with Crippen LogP contribution in [-0.2, 0) is 4.79 Å². The predicted octanol–water partition coefficient (Wildman–Crippen LogP) is 2.15. The molecule has 1 rings (SSSR count). The third kappa shape index (κ3) is 4.44. The zero-order chi connectivity index (χ0) is 14.6. The van der Waals surface area contributed by atoms with E-state index in [0.29, 0.717) is 12.1 Å². The van der Waals surface area contributed by atoms with Gasteiger partial charge in [-0.1, -0.05) is 25.4 Å². The molecule has 19 heavy (non-hydrogen) atoms. The number of halogens is 1. The highest BCUT2D eigenvalue weighted by molar-refractivity contribution is 6.33. The summed E-state index contributed by atoms with van der Waals surface area (Å²) in [6.07, 6.45) is 0.365. The number of amides is 1. The van der Waals surface area contributed by atoms with Crippen LogP contribution in [0.15, 0.2) is 18.2 Å². The number of carboxylic acid groups (broad SMARTS) is 1. The number of carboxylic acids is 1. The molecule has 1 aromatic carbocycles. The van der Waals surface area contributed by atoms with Crippen LogP contribution in [0.4, 0.5) is 5.69 Å². The normalized spacial score (nSPS) is 12.2. The standard InChI is InChI=1S/C13H17ClN2O3/c1-7(2)5-11(13(18)19)16-12(17)8-3-4-10(15)9(14)6-8/h3-4,6-7,11H,5,15H2,1-2H3,(H,16,17)(H,18,19)/t11-/m1/s1. The maximum Gasteiger partial charge on any atom is 0.326 e. The van der Waals surface area contributed by atoms with E-state index in [4.69, 9.17) is 22.4 Å². The molecule has 0 spiro atoms. The first kappa shape index (κ1) is 15.3. The molecule has 0 bridgehead atoms. The molecule has 1 atom stereocenters. The SMILES string of the molecule is CC(C)C[C@@H](NC(=O)c1ccc(N)c(Cl)c1)C(=O)O. The van der Waals surface area contributed by atoms with Gasteiger partial charge < -0.3 is 16.2 Å².